The molecule has 0 aromatic rings. The summed E-state index contributed by atoms with van der Waals surface area (Å²) in [5, 5.41) is 0. The second-order valence-corrected chi connectivity index (χ2v) is 5.84. The number of allylic oxidation sites excluding steroid dienone is 2. The summed E-state index contributed by atoms with van der Waals surface area (Å²) in [7, 11) is 0. The van der Waals surface area contributed by atoms with Crippen LogP contribution in [0.15, 0.2) is 11.1 Å². The molecule has 1 aliphatic rings. The molecule has 0 amide bonds. The fraction of sp³-hybridized carbons (Fsp3) is 0.778. The zero-order valence-electron chi connectivity index (χ0n) is 7.00. The molecule has 1 atom stereocenters. The highest BCUT2D eigenvalue weighted by atomic mass is 127. The first-order valence-electron chi connectivity index (χ1n) is 3.90. The van der Waals surface area contributed by atoms with Crippen LogP contribution in [-0.4, -0.2) is 3.42 Å². The second-order valence-electron chi connectivity index (χ2n) is 3.46. The minimum absolute atomic E-state index is 0.458. The van der Waals surface area contributed by atoms with E-state index in [2.05, 4.69) is 43.4 Å². The normalized spacial score (nSPS) is 34.8. The van der Waals surface area contributed by atoms with Gasteiger partial charge in [-0.15, -0.1) is 0 Å². The third-order valence-corrected chi connectivity index (χ3v) is 3.97. The molecule has 0 bridgehead atoms. The third kappa shape index (κ3) is 1.55. The number of hydrogen-bond donors (Lipinski definition) is 0. The zero-order chi connectivity index (χ0) is 7.78. The maximum absolute atomic E-state index is 2.57. The molecule has 10 heavy (non-hydrogen) atoms. The molecule has 0 heterocycles. The highest BCUT2D eigenvalue weighted by molar-refractivity contribution is 14.1. The molecule has 1 aliphatic carbocycles. The smallest absolute Gasteiger partial charge is 0.0402 e. The highest BCUT2D eigenvalue weighted by Crippen LogP contribution is 2.39. The lowest BCUT2D eigenvalue weighted by Crippen LogP contribution is -2.21. The molecule has 0 aromatic carbocycles. The van der Waals surface area contributed by atoms with Crippen molar-refractivity contribution in [3.8, 4) is 0 Å². The first kappa shape index (κ1) is 8.57. The lowest BCUT2D eigenvalue weighted by molar-refractivity contribution is 0.595. The van der Waals surface area contributed by atoms with Crippen molar-refractivity contribution in [2.24, 2.45) is 0 Å². The van der Waals surface area contributed by atoms with E-state index in [0.717, 1.165) is 0 Å². The van der Waals surface area contributed by atoms with Gasteiger partial charge in [0.25, 0.3) is 0 Å². The summed E-state index contributed by atoms with van der Waals surface area (Å²) in [6.07, 6.45) is 4.06. The Morgan fingerprint density at radius 3 is 2.40 bits per heavy atom. The molecular formula is C9H15I. The second kappa shape index (κ2) is 2.84. The van der Waals surface area contributed by atoms with E-state index in [1.165, 1.54) is 19.3 Å². The summed E-state index contributed by atoms with van der Waals surface area (Å²) >= 11 is 2.57. The molecule has 0 saturated carbocycles. The van der Waals surface area contributed by atoms with Crippen molar-refractivity contribution in [3.05, 3.63) is 11.1 Å². The van der Waals surface area contributed by atoms with Crippen LogP contribution in [-0.2, 0) is 0 Å². The monoisotopic (exact) mass is 250 g/mol. The molecule has 0 fully saturated rings. The number of alkyl halides is 1. The van der Waals surface area contributed by atoms with Gasteiger partial charge in [-0.3, -0.25) is 0 Å². The predicted octanol–water partition coefficient (Wildman–Crippen LogP) is 3.70. The lowest BCUT2D eigenvalue weighted by atomic mass is 9.85. The van der Waals surface area contributed by atoms with E-state index in [0.29, 0.717) is 3.42 Å². The van der Waals surface area contributed by atoms with Gasteiger partial charge in [0.05, 0.1) is 0 Å². The number of hydrogen-bond acceptors (Lipinski definition) is 0. The van der Waals surface area contributed by atoms with Crippen molar-refractivity contribution in [2.45, 2.75) is 43.5 Å². The van der Waals surface area contributed by atoms with Gasteiger partial charge >= 0.3 is 0 Å². The maximum Gasteiger partial charge on any atom is 0.0402 e. The van der Waals surface area contributed by atoms with E-state index >= 15 is 0 Å². The summed E-state index contributed by atoms with van der Waals surface area (Å²) in [6, 6.07) is 0. The van der Waals surface area contributed by atoms with Gasteiger partial charge in [-0.25, -0.2) is 0 Å². The molecule has 58 valence electrons. The van der Waals surface area contributed by atoms with Gasteiger partial charge in [0.1, 0.15) is 0 Å². The summed E-state index contributed by atoms with van der Waals surface area (Å²) in [6.45, 7) is 6.89. The van der Waals surface area contributed by atoms with Crippen LogP contribution < -0.4 is 0 Å². The summed E-state index contributed by atoms with van der Waals surface area (Å²) < 4.78 is 0.458. The topological polar surface area (TPSA) is 0 Å². The highest BCUT2D eigenvalue weighted by Gasteiger charge is 2.26. The van der Waals surface area contributed by atoms with E-state index in [9.17, 15) is 0 Å². The van der Waals surface area contributed by atoms with Gasteiger partial charge in [-0.1, -0.05) is 33.7 Å². The molecular weight excluding hydrogens is 235 g/mol. The number of halogens is 1. The Balaban J connectivity index is 2.89. The zero-order valence-corrected chi connectivity index (χ0v) is 9.16. The van der Waals surface area contributed by atoms with Gasteiger partial charge in [0.2, 0.25) is 0 Å². The van der Waals surface area contributed by atoms with Crippen LogP contribution in [0.3, 0.4) is 0 Å². The largest absolute Gasteiger partial charge is 0.0743 e. The Morgan fingerprint density at radius 2 is 2.00 bits per heavy atom. The molecule has 0 saturated heterocycles. The van der Waals surface area contributed by atoms with Crippen LogP contribution in [0.2, 0.25) is 0 Å². The van der Waals surface area contributed by atoms with Crippen LogP contribution in [0.5, 0.6) is 0 Å². The van der Waals surface area contributed by atoms with Crippen molar-refractivity contribution in [2.75, 3.05) is 0 Å². The summed E-state index contributed by atoms with van der Waals surface area (Å²) in [5.74, 6) is 0. The molecule has 0 N–H and O–H groups in total. The molecule has 0 aromatic heterocycles. The van der Waals surface area contributed by atoms with Crippen molar-refractivity contribution in [1.82, 2.24) is 0 Å². The molecule has 1 unspecified atom stereocenters. The predicted molar refractivity (Wildman–Crippen MR) is 54.7 cm³/mol. The van der Waals surface area contributed by atoms with Gasteiger partial charge in [0.15, 0.2) is 0 Å². The summed E-state index contributed by atoms with van der Waals surface area (Å²) in [4.78, 5) is 0. The van der Waals surface area contributed by atoms with Crippen LogP contribution in [0.4, 0.5) is 0 Å². The van der Waals surface area contributed by atoms with Gasteiger partial charge in [-0.2, -0.15) is 0 Å². The average molecular weight is 250 g/mol. The summed E-state index contributed by atoms with van der Waals surface area (Å²) in [5.41, 5.74) is 3.22. The van der Waals surface area contributed by atoms with Crippen molar-refractivity contribution < 1.29 is 0 Å². The fourth-order valence-corrected chi connectivity index (χ4v) is 2.35. The van der Waals surface area contributed by atoms with Gasteiger partial charge in [-0.05, 0) is 40.0 Å². The third-order valence-electron chi connectivity index (χ3n) is 2.62. The standard InChI is InChI=1S/C9H15I/c1-7-5-4-6-9(3,10)8(7)2/h4-6H2,1-3H3. The molecule has 0 nitrogen and oxygen atoms in total. The molecule has 1 rings (SSSR count). The maximum atomic E-state index is 2.57. The lowest BCUT2D eigenvalue weighted by Gasteiger charge is -2.30. The molecule has 0 radical (unpaired) electrons. The van der Waals surface area contributed by atoms with Crippen molar-refractivity contribution in [3.63, 3.8) is 0 Å². The minimum atomic E-state index is 0.458. The van der Waals surface area contributed by atoms with Crippen LogP contribution >= 0.6 is 22.6 Å². The Bertz CT molecular complexity index is 166. The van der Waals surface area contributed by atoms with Crippen LogP contribution in [0.25, 0.3) is 0 Å². The number of rotatable bonds is 0. The van der Waals surface area contributed by atoms with Gasteiger partial charge < -0.3 is 0 Å². The molecule has 0 spiro atoms. The van der Waals surface area contributed by atoms with Crippen LogP contribution in [0, 0.1) is 0 Å². The molecule has 1 heteroatoms. The van der Waals surface area contributed by atoms with E-state index in [-0.39, 0.29) is 0 Å². The first-order valence-corrected chi connectivity index (χ1v) is 4.97. The quantitative estimate of drug-likeness (QED) is 0.349. The Hall–Kier alpha value is 0.470. The van der Waals surface area contributed by atoms with E-state index in [1.807, 2.05) is 0 Å². The molecule has 0 aliphatic heterocycles. The Kier molecular flexibility index (Phi) is 2.43. The van der Waals surface area contributed by atoms with E-state index < -0.39 is 0 Å². The van der Waals surface area contributed by atoms with Crippen LogP contribution in [0.1, 0.15) is 40.0 Å². The minimum Gasteiger partial charge on any atom is -0.0743 e. The van der Waals surface area contributed by atoms with E-state index in [1.54, 1.807) is 11.1 Å². The Morgan fingerprint density at radius 1 is 1.40 bits per heavy atom. The van der Waals surface area contributed by atoms with Crippen molar-refractivity contribution >= 4 is 22.6 Å². The van der Waals surface area contributed by atoms with E-state index in [4.69, 9.17) is 0 Å². The fourth-order valence-electron chi connectivity index (χ4n) is 1.51. The SMILES string of the molecule is CC1=C(C)C(C)(I)CCC1. The van der Waals surface area contributed by atoms with Crippen molar-refractivity contribution in [1.29, 1.82) is 0 Å². The first-order chi connectivity index (χ1) is 4.54. The van der Waals surface area contributed by atoms with Gasteiger partial charge in [0, 0.05) is 3.42 Å². The Labute approximate surface area is 77.2 Å². The average Bonchev–Trinajstić information content (AvgIpc) is 1.83.